The van der Waals surface area contributed by atoms with Crippen LogP contribution in [0.2, 0.25) is 0 Å². The van der Waals surface area contributed by atoms with E-state index in [0.29, 0.717) is 6.42 Å². The van der Waals surface area contributed by atoms with Crippen molar-refractivity contribution in [1.82, 2.24) is 5.32 Å². The molecule has 0 aromatic heterocycles. The van der Waals surface area contributed by atoms with Crippen LogP contribution in [0.25, 0.3) is 0 Å². The highest BCUT2D eigenvalue weighted by atomic mass is 16.5. The fourth-order valence-corrected chi connectivity index (χ4v) is 2.32. The van der Waals surface area contributed by atoms with Gasteiger partial charge in [0.25, 0.3) is 0 Å². The topological polar surface area (TPSA) is 55.4 Å². The zero-order valence-corrected chi connectivity index (χ0v) is 11.9. The van der Waals surface area contributed by atoms with Gasteiger partial charge >= 0.3 is 5.97 Å². The molecule has 4 atom stereocenters. The minimum atomic E-state index is -0.260. The van der Waals surface area contributed by atoms with Crippen LogP contribution in [0, 0.1) is 11.8 Å². The van der Waals surface area contributed by atoms with Crippen molar-refractivity contribution in [1.29, 1.82) is 0 Å². The molecule has 1 aliphatic heterocycles. The maximum absolute atomic E-state index is 12.1. The molecular formula is C14H25NO3. The number of cyclic esters (lactones) is 1. The highest BCUT2D eigenvalue weighted by molar-refractivity contribution is 5.79. The van der Waals surface area contributed by atoms with E-state index in [9.17, 15) is 9.59 Å². The second-order valence-corrected chi connectivity index (χ2v) is 5.25. The maximum Gasteiger partial charge on any atom is 0.308 e. The zero-order chi connectivity index (χ0) is 13.7. The summed E-state index contributed by atoms with van der Waals surface area (Å²) in [6, 6.07) is -0.0826. The number of carbonyl (C=O) groups is 2. The van der Waals surface area contributed by atoms with Crippen LogP contribution in [-0.2, 0) is 14.3 Å². The average Bonchev–Trinajstić information content (AvgIpc) is 2.34. The third kappa shape index (κ3) is 3.72. The van der Waals surface area contributed by atoms with Crippen molar-refractivity contribution < 1.29 is 14.3 Å². The van der Waals surface area contributed by atoms with Crippen molar-refractivity contribution in [3.63, 3.8) is 0 Å². The number of hydrogen-bond acceptors (Lipinski definition) is 3. The first-order valence-corrected chi connectivity index (χ1v) is 7.00. The highest BCUT2D eigenvalue weighted by Crippen LogP contribution is 2.20. The van der Waals surface area contributed by atoms with Gasteiger partial charge in [0.15, 0.2) is 0 Å². The predicted molar refractivity (Wildman–Crippen MR) is 70.0 cm³/mol. The summed E-state index contributed by atoms with van der Waals surface area (Å²) in [7, 11) is 0. The highest BCUT2D eigenvalue weighted by Gasteiger charge is 2.29. The summed E-state index contributed by atoms with van der Waals surface area (Å²) in [5.74, 6) is -0.155. The smallest absolute Gasteiger partial charge is 0.308 e. The average molecular weight is 255 g/mol. The third-order valence-electron chi connectivity index (χ3n) is 3.85. The molecule has 1 fully saturated rings. The van der Waals surface area contributed by atoms with Crippen molar-refractivity contribution in [2.45, 2.75) is 65.5 Å². The molecular weight excluding hydrogens is 230 g/mol. The van der Waals surface area contributed by atoms with Gasteiger partial charge in [-0.3, -0.25) is 9.59 Å². The molecule has 18 heavy (non-hydrogen) atoms. The number of ether oxygens (including phenoxy) is 1. The van der Waals surface area contributed by atoms with Gasteiger partial charge in [0.05, 0.1) is 12.0 Å². The van der Waals surface area contributed by atoms with E-state index in [1.165, 1.54) is 0 Å². The van der Waals surface area contributed by atoms with E-state index in [1.54, 1.807) is 0 Å². The molecule has 0 saturated carbocycles. The lowest BCUT2D eigenvalue weighted by atomic mass is 9.93. The molecule has 1 heterocycles. The molecule has 1 rings (SSSR count). The monoisotopic (exact) mass is 255 g/mol. The van der Waals surface area contributed by atoms with Crippen LogP contribution in [0.15, 0.2) is 0 Å². The third-order valence-corrected chi connectivity index (χ3v) is 3.85. The fraction of sp³-hybridized carbons (Fsp3) is 0.857. The molecule has 0 bridgehead atoms. The van der Waals surface area contributed by atoms with Crippen LogP contribution in [0.3, 0.4) is 0 Å². The molecule has 1 saturated heterocycles. The number of hydrogen-bond donors (Lipinski definition) is 1. The predicted octanol–water partition coefficient (Wildman–Crippen LogP) is 2.27. The van der Waals surface area contributed by atoms with Crippen LogP contribution < -0.4 is 5.32 Å². The zero-order valence-electron chi connectivity index (χ0n) is 11.9. The summed E-state index contributed by atoms with van der Waals surface area (Å²) in [5.41, 5.74) is 0. The Morgan fingerprint density at radius 2 is 1.83 bits per heavy atom. The van der Waals surface area contributed by atoms with Crippen LogP contribution in [0.4, 0.5) is 0 Å². The SMILES string of the molecule is CCC1CCC(C)C(=O)OC(C)C(CC)NC1=O. The summed E-state index contributed by atoms with van der Waals surface area (Å²) in [4.78, 5) is 24.0. The van der Waals surface area contributed by atoms with Crippen LogP contribution in [-0.4, -0.2) is 24.0 Å². The second-order valence-electron chi connectivity index (χ2n) is 5.25. The van der Waals surface area contributed by atoms with Crippen molar-refractivity contribution in [2.75, 3.05) is 0 Å². The van der Waals surface area contributed by atoms with Gasteiger partial charge in [0, 0.05) is 5.92 Å². The molecule has 1 amide bonds. The molecule has 1 aliphatic rings. The Morgan fingerprint density at radius 3 is 2.39 bits per heavy atom. The first-order chi connectivity index (χ1) is 8.49. The van der Waals surface area contributed by atoms with Gasteiger partial charge in [-0.05, 0) is 32.6 Å². The Morgan fingerprint density at radius 1 is 1.17 bits per heavy atom. The summed E-state index contributed by atoms with van der Waals surface area (Å²) in [6.45, 7) is 7.73. The Kier molecular flexibility index (Phi) is 5.63. The Labute approximate surface area is 109 Å². The lowest BCUT2D eigenvalue weighted by Gasteiger charge is -2.29. The molecule has 4 nitrogen and oxygen atoms in total. The minimum Gasteiger partial charge on any atom is -0.460 e. The lowest BCUT2D eigenvalue weighted by Crippen LogP contribution is -2.47. The van der Waals surface area contributed by atoms with E-state index in [0.717, 1.165) is 19.3 Å². The summed E-state index contributed by atoms with van der Waals surface area (Å²) >= 11 is 0. The van der Waals surface area contributed by atoms with Gasteiger partial charge in [-0.1, -0.05) is 20.8 Å². The summed E-state index contributed by atoms with van der Waals surface area (Å²) in [6.07, 6.45) is 2.80. The maximum atomic E-state index is 12.1. The van der Waals surface area contributed by atoms with E-state index in [2.05, 4.69) is 5.32 Å². The Bertz CT molecular complexity index is 303. The van der Waals surface area contributed by atoms with E-state index in [-0.39, 0.29) is 35.9 Å². The van der Waals surface area contributed by atoms with E-state index in [4.69, 9.17) is 4.74 Å². The van der Waals surface area contributed by atoms with Gasteiger partial charge in [-0.2, -0.15) is 0 Å². The number of nitrogens with one attached hydrogen (secondary N) is 1. The fourth-order valence-electron chi connectivity index (χ4n) is 2.32. The normalized spacial score (nSPS) is 34.7. The number of amides is 1. The number of carbonyl (C=O) groups excluding carboxylic acids is 2. The molecule has 0 aromatic rings. The van der Waals surface area contributed by atoms with E-state index in [1.807, 2.05) is 27.7 Å². The van der Waals surface area contributed by atoms with Crippen LogP contribution in [0.1, 0.15) is 53.4 Å². The van der Waals surface area contributed by atoms with Gasteiger partial charge in [0.2, 0.25) is 5.91 Å². The van der Waals surface area contributed by atoms with Crippen LogP contribution >= 0.6 is 0 Å². The minimum absolute atomic E-state index is 0.0135. The molecule has 1 N–H and O–H groups in total. The van der Waals surface area contributed by atoms with Gasteiger partial charge in [-0.25, -0.2) is 0 Å². The molecule has 4 heteroatoms. The Balaban J connectivity index is 2.84. The first-order valence-electron chi connectivity index (χ1n) is 7.00. The van der Waals surface area contributed by atoms with Crippen LogP contribution in [0.5, 0.6) is 0 Å². The molecule has 0 aliphatic carbocycles. The Hall–Kier alpha value is -1.06. The summed E-state index contributed by atoms with van der Waals surface area (Å²) in [5, 5.41) is 3.01. The van der Waals surface area contributed by atoms with Gasteiger partial charge in [0.1, 0.15) is 6.10 Å². The largest absolute Gasteiger partial charge is 0.460 e. The molecule has 104 valence electrons. The molecule has 0 aromatic carbocycles. The van der Waals surface area contributed by atoms with Gasteiger partial charge < -0.3 is 10.1 Å². The van der Waals surface area contributed by atoms with Crippen molar-refractivity contribution in [2.24, 2.45) is 11.8 Å². The van der Waals surface area contributed by atoms with Crippen molar-refractivity contribution in [3.05, 3.63) is 0 Å². The molecule has 0 spiro atoms. The molecule has 0 radical (unpaired) electrons. The lowest BCUT2D eigenvalue weighted by molar-refractivity contribution is -0.156. The quantitative estimate of drug-likeness (QED) is 0.770. The summed E-state index contributed by atoms with van der Waals surface area (Å²) < 4.78 is 5.41. The van der Waals surface area contributed by atoms with E-state index < -0.39 is 0 Å². The van der Waals surface area contributed by atoms with Crippen molar-refractivity contribution in [3.8, 4) is 0 Å². The van der Waals surface area contributed by atoms with E-state index >= 15 is 0 Å². The van der Waals surface area contributed by atoms with Crippen molar-refractivity contribution >= 4 is 11.9 Å². The standard InChI is InChI=1S/C14H25NO3/c1-5-11-8-7-9(3)14(17)18-10(4)12(6-2)15-13(11)16/h9-12H,5-8H2,1-4H3,(H,15,16). The molecule has 4 unspecified atom stereocenters. The second kappa shape index (κ2) is 6.76. The van der Waals surface area contributed by atoms with Gasteiger partial charge in [-0.15, -0.1) is 0 Å². The number of esters is 1. The number of rotatable bonds is 2. The first kappa shape index (κ1) is 15.0.